The third kappa shape index (κ3) is 5.59. The minimum absolute atomic E-state index is 0.0308. The molecule has 1 atom stereocenters. The summed E-state index contributed by atoms with van der Waals surface area (Å²) < 4.78 is 17.6. The molecule has 0 aliphatic carbocycles. The maximum Gasteiger partial charge on any atom is 0.350 e. The molecule has 2 aromatic heterocycles. The van der Waals surface area contributed by atoms with Gasteiger partial charge >= 0.3 is 5.69 Å². The number of amidine groups is 1. The van der Waals surface area contributed by atoms with E-state index in [1.165, 1.54) is 12.4 Å². The average Bonchev–Trinajstić information content (AvgIpc) is 3.31. The van der Waals surface area contributed by atoms with Crippen LogP contribution in [0.5, 0.6) is 11.5 Å². The molecule has 0 aliphatic heterocycles. The number of aromatic nitrogens is 5. The van der Waals surface area contributed by atoms with Crippen molar-refractivity contribution in [3.8, 4) is 17.4 Å². The van der Waals surface area contributed by atoms with Crippen LogP contribution in [0.1, 0.15) is 28.6 Å². The Bertz CT molecular complexity index is 1420. The normalized spacial score (nSPS) is 11.6. The van der Waals surface area contributed by atoms with Crippen molar-refractivity contribution < 1.29 is 14.2 Å². The summed E-state index contributed by atoms with van der Waals surface area (Å²) in [6.07, 6.45) is 3.64. The first-order valence-corrected chi connectivity index (χ1v) is 11.4. The highest BCUT2D eigenvalue weighted by Gasteiger charge is 2.24. The quantitative estimate of drug-likeness (QED) is 0.177. The van der Waals surface area contributed by atoms with E-state index in [1.807, 2.05) is 12.1 Å². The lowest BCUT2D eigenvalue weighted by Gasteiger charge is -2.22. The first kappa shape index (κ1) is 25.4. The lowest BCUT2D eigenvalue weighted by atomic mass is 9.99. The summed E-state index contributed by atoms with van der Waals surface area (Å²) in [5.41, 5.74) is 8.05. The Morgan fingerprint density at radius 3 is 2.49 bits per heavy atom. The van der Waals surface area contributed by atoms with E-state index in [0.717, 1.165) is 21.5 Å². The van der Waals surface area contributed by atoms with Crippen molar-refractivity contribution in [3.05, 3.63) is 87.9 Å². The van der Waals surface area contributed by atoms with Gasteiger partial charge in [-0.05, 0) is 54.4 Å². The monoisotopic (exact) mass is 504 g/mol. The maximum absolute atomic E-state index is 12.8. The van der Waals surface area contributed by atoms with Crippen molar-refractivity contribution in [2.24, 2.45) is 5.73 Å². The molecular formula is C25H28N8O4. The molecule has 37 heavy (non-hydrogen) atoms. The Hall–Kier alpha value is -4.71. The van der Waals surface area contributed by atoms with Gasteiger partial charge in [-0.2, -0.15) is 0 Å². The summed E-state index contributed by atoms with van der Waals surface area (Å²) in [6.45, 7) is 0.477. The molecule has 0 spiro atoms. The first-order chi connectivity index (χ1) is 17.9. The topological polar surface area (TPSA) is 166 Å². The third-order valence-electron chi connectivity index (χ3n) is 5.64. The smallest absolute Gasteiger partial charge is 0.350 e. The predicted octanol–water partition coefficient (Wildman–Crippen LogP) is 2.04. The zero-order valence-corrected chi connectivity index (χ0v) is 20.7. The number of nitrogens with one attached hydrogen (secondary N) is 3. The van der Waals surface area contributed by atoms with Crippen LogP contribution in [0, 0.1) is 5.41 Å². The molecule has 0 unspecified atom stereocenters. The predicted molar refractivity (Wildman–Crippen MR) is 138 cm³/mol. The number of nitrogen functional groups attached to an aromatic ring is 1. The van der Waals surface area contributed by atoms with Crippen LogP contribution in [0.3, 0.4) is 0 Å². The Labute approximate surface area is 213 Å². The van der Waals surface area contributed by atoms with Gasteiger partial charge < -0.3 is 25.3 Å². The largest absolute Gasteiger partial charge is 0.493 e. The zero-order chi connectivity index (χ0) is 26.4. The van der Waals surface area contributed by atoms with E-state index in [9.17, 15) is 4.79 Å². The van der Waals surface area contributed by atoms with Crippen LogP contribution in [0.25, 0.3) is 5.95 Å². The number of anilines is 1. The zero-order valence-electron chi connectivity index (χ0n) is 20.7. The molecular weight excluding hydrogens is 476 g/mol. The average molecular weight is 505 g/mol. The fourth-order valence-corrected chi connectivity index (χ4v) is 3.86. The molecule has 0 aliphatic rings. The van der Waals surface area contributed by atoms with Gasteiger partial charge in [-0.15, -0.1) is 9.78 Å². The standard InChI is InChI=1S/C25H28N8O4/c1-35-12-9-16-13-17(14-19(36-2)21(16)37-3)20(30-18-7-5-15(6-8-18)22(26)27)23-31-25(34)33(32-23)24-28-10-4-11-29-24/h4-8,10-11,13-14,20,30H,9,12H2,1-3H3,(H3,26,27)(H,31,32,34)/t20-/m0/s1. The Morgan fingerprint density at radius 2 is 1.86 bits per heavy atom. The lowest BCUT2D eigenvalue weighted by molar-refractivity contribution is 0.201. The van der Waals surface area contributed by atoms with E-state index in [2.05, 4.69) is 25.4 Å². The number of ether oxygens (including phenoxy) is 3. The van der Waals surface area contributed by atoms with Crippen LogP contribution in [0.15, 0.2) is 59.7 Å². The van der Waals surface area contributed by atoms with Crippen molar-refractivity contribution in [2.45, 2.75) is 12.5 Å². The molecule has 12 nitrogen and oxygen atoms in total. The highest BCUT2D eigenvalue weighted by Crippen LogP contribution is 2.37. The number of aromatic amines is 1. The van der Waals surface area contributed by atoms with E-state index in [-0.39, 0.29) is 11.8 Å². The van der Waals surface area contributed by atoms with Crippen LogP contribution in [-0.2, 0) is 11.2 Å². The van der Waals surface area contributed by atoms with E-state index in [4.69, 9.17) is 25.4 Å². The molecule has 0 fully saturated rings. The number of H-pyrrole nitrogens is 1. The molecule has 0 amide bonds. The second kappa shape index (κ2) is 11.4. The van der Waals surface area contributed by atoms with Gasteiger partial charge in [0.15, 0.2) is 17.3 Å². The fraction of sp³-hybridized carbons (Fsp3) is 0.240. The second-order valence-electron chi connectivity index (χ2n) is 8.00. The van der Waals surface area contributed by atoms with Crippen LogP contribution in [-0.4, -0.2) is 58.5 Å². The highest BCUT2D eigenvalue weighted by atomic mass is 16.5. The van der Waals surface area contributed by atoms with E-state index in [0.29, 0.717) is 35.9 Å². The second-order valence-corrected chi connectivity index (χ2v) is 8.00. The van der Waals surface area contributed by atoms with Crippen molar-refractivity contribution in [3.63, 3.8) is 0 Å². The van der Waals surface area contributed by atoms with Crippen LogP contribution in [0.2, 0.25) is 0 Å². The SMILES string of the molecule is COCCc1cc([C@H](Nc2ccc(C(=N)N)cc2)c2nn(-c3ncccn3)c(=O)[nH]2)cc(OC)c1OC. The summed E-state index contributed by atoms with van der Waals surface area (Å²) >= 11 is 0. The maximum atomic E-state index is 12.8. The van der Waals surface area contributed by atoms with Gasteiger partial charge in [0, 0.05) is 36.3 Å². The molecule has 192 valence electrons. The molecule has 2 heterocycles. The number of benzene rings is 2. The number of methoxy groups -OCH3 is 3. The molecule has 2 aromatic carbocycles. The molecule has 0 saturated carbocycles. The van der Waals surface area contributed by atoms with Gasteiger partial charge in [0.2, 0.25) is 0 Å². The van der Waals surface area contributed by atoms with E-state index in [1.54, 1.807) is 51.7 Å². The number of nitrogens with two attached hydrogens (primary N) is 1. The van der Waals surface area contributed by atoms with Crippen LogP contribution >= 0.6 is 0 Å². The van der Waals surface area contributed by atoms with Crippen molar-refractivity contribution >= 4 is 11.5 Å². The number of rotatable bonds is 11. The van der Waals surface area contributed by atoms with Gasteiger partial charge in [0.25, 0.3) is 5.95 Å². The van der Waals surface area contributed by atoms with Crippen molar-refractivity contribution in [2.75, 3.05) is 33.3 Å². The minimum Gasteiger partial charge on any atom is -0.493 e. The molecule has 4 rings (SSSR count). The molecule has 0 radical (unpaired) electrons. The minimum atomic E-state index is -0.609. The van der Waals surface area contributed by atoms with Gasteiger partial charge in [-0.25, -0.2) is 14.8 Å². The molecule has 0 bridgehead atoms. The number of hydrogen-bond donors (Lipinski definition) is 4. The highest BCUT2D eigenvalue weighted by molar-refractivity contribution is 5.95. The van der Waals surface area contributed by atoms with Gasteiger partial charge in [-0.1, -0.05) is 0 Å². The Balaban J connectivity index is 1.83. The van der Waals surface area contributed by atoms with Gasteiger partial charge in [0.1, 0.15) is 11.9 Å². The summed E-state index contributed by atoms with van der Waals surface area (Å²) in [5, 5.41) is 15.6. The lowest BCUT2D eigenvalue weighted by Crippen LogP contribution is -2.18. The van der Waals surface area contributed by atoms with E-state index >= 15 is 0 Å². The van der Waals surface area contributed by atoms with Crippen LogP contribution < -0.4 is 26.2 Å². The Morgan fingerprint density at radius 1 is 1.14 bits per heavy atom. The van der Waals surface area contributed by atoms with E-state index < -0.39 is 11.7 Å². The van der Waals surface area contributed by atoms with Crippen LogP contribution in [0.4, 0.5) is 5.69 Å². The molecule has 0 saturated heterocycles. The van der Waals surface area contributed by atoms with Crippen molar-refractivity contribution in [1.29, 1.82) is 5.41 Å². The number of hydrogen-bond acceptors (Lipinski definition) is 9. The molecule has 5 N–H and O–H groups in total. The Kier molecular flexibility index (Phi) is 7.79. The summed E-state index contributed by atoms with van der Waals surface area (Å²) in [7, 11) is 4.78. The summed E-state index contributed by atoms with van der Waals surface area (Å²) in [5.74, 6) is 1.57. The molecule has 4 aromatic rings. The number of nitrogens with zero attached hydrogens (tertiary/aromatic N) is 4. The molecule has 12 heteroatoms. The first-order valence-electron chi connectivity index (χ1n) is 11.4. The summed E-state index contributed by atoms with van der Waals surface area (Å²) in [4.78, 5) is 23.9. The summed E-state index contributed by atoms with van der Waals surface area (Å²) in [6, 6.07) is 11.9. The van der Waals surface area contributed by atoms with Crippen molar-refractivity contribution in [1.82, 2.24) is 24.7 Å². The third-order valence-corrected chi connectivity index (χ3v) is 5.64. The van der Waals surface area contributed by atoms with Gasteiger partial charge in [0.05, 0.1) is 20.8 Å². The van der Waals surface area contributed by atoms with Gasteiger partial charge in [-0.3, -0.25) is 10.4 Å². The fourth-order valence-electron chi connectivity index (χ4n) is 3.86.